The van der Waals surface area contributed by atoms with E-state index in [1.165, 1.54) is 13.8 Å². The maximum absolute atomic E-state index is 6.91. The first-order chi connectivity index (χ1) is 23.4. The molecule has 0 saturated heterocycles. The van der Waals surface area contributed by atoms with E-state index in [0.29, 0.717) is 17.1 Å². The van der Waals surface area contributed by atoms with Gasteiger partial charge >= 0.3 is 0 Å². The molecule has 0 saturated carbocycles. The van der Waals surface area contributed by atoms with Gasteiger partial charge in [0.1, 0.15) is 0 Å². The summed E-state index contributed by atoms with van der Waals surface area (Å²) in [7, 11) is 0. The summed E-state index contributed by atoms with van der Waals surface area (Å²) < 4.78 is 189. The van der Waals surface area contributed by atoms with Crippen LogP contribution in [0.15, 0.2) is 0 Å². The second-order valence-corrected chi connectivity index (χ2v) is 6.43. The van der Waals surface area contributed by atoms with Crippen molar-refractivity contribution in [3.05, 3.63) is 0 Å². The highest BCUT2D eigenvalue weighted by Crippen LogP contribution is 1.82. The van der Waals surface area contributed by atoms with Crippen LogP contribution in [0.25, 0.3) is 0 Å². The average molecular weight is 889 g/mol. The lowest BCUT2D eigenvalue weighted by Gasteiger charge is -1.66. The molecule has 0 N–H and O–H groups in total. The third-order valence-corrected chi connectivity index (χ3v) is 3.31. The predicted octanol–water partition coefficient (Wildman–Crippen LogP) is 12.5. The molecule has 0 aromatic carbocycles. The molecule has 0 fully saturated rings. The molecule has 0 aliphatic heterocycles. The molecule has 7 heteroatoms. The fourth-order valence-electron chi connectivity index (χ4n) is 0. The van der Waals surface area contributed by atoms with Crippen molar-refractivity contribution in [2.75, 3.05) is 37.1 Å². The average Bonchev–Trinajstić information content (AvgIpc) is 2.84. The minimum Gasteiger partial charge on any atom is -0.0928 e. The molecular weight excluding hydrogens is 812 g/mol. The Morgan fingerprint density at radius 3 is 0.929 bits per heavy atom. The van der Waals surface area contributed by atoms with Crippen molar-refractivity contribution in [1.29, 1.82) is 0 Å². The van der Waals surface area contributed by atoms with Crippen LogP contribution in [0.1, 0.15) is 131 Å². The first-order valence-electron chi connectivity index (χ1n) is 20.9. The van der Waals surface area contributed by atoms with Gasteiger partial charge in [-0.05, 0) is 44.8 Å². The molecule has 182 valence electrons. The standard InChI is InChI=1S/7C3H7Br/c7*1-2-3-4/h7*2-3H2,1H3/i1D3,2D2,3D2;2D2,3D2;1D3,3D2;1D3,2D2;3D2;2D2;1D3. The highest BCUT2D eigenvalue weighted by molar-refractivity contribution is 9.10. The van der Waals surface area contributed by atoms with Crippen molar-refractivity contribution in [2.24, 2.45) is 0 Å². The van der Waals surface area contributed by atoms with Crippen molar-refractivity contribution in [3.8, 4) is 0 Å². The fourth-order valence-corrected chi connectivity index (χ4v) is 0. The minimum absolute atomic E-state index is 0.156. The van der Waals surface area contributed by atoms with Gasteiger partial charge in [0.25, 0.3) is 0 Å². The van der Waals surface area contributed by atoms with Crippen molar-refractivity contribution >= 4 is 112 Å². The smallest absolute Gasteiger partial charge is 0.0386 e. The summed E-state index contributed by atoms with van der Waals surface area (Å²) in [5.74, 6) is 0. The molecule has 0 spiro atoms. The molecule has 0 aromatic heterocycles. The Hall–Kier alpha value is 3.36. The maximum atomic E-state index is 6.91. The maximum Gasteiger partial charge on any atom is 0.0386 e. The Morgan fingerprint density at radius 1 is 0.464 bits per heavy atom. The summed E-state index contributed by atoms with van der Waals surface area (Å²) in [5.41, 5.74) is 0. The number of rotatable bonds is 7. The molecule has 0 aromatic rings. The number of hydrogen-bond donors (Lipinski definition) is 0. The van der Waals surface area contributed by atoms with Gasteiger partial charge in [-0.15, -0.1) is 0 Å². The van der Waals surface area contributed by atoms with Crippen LogP contribution in [0.5, 0.6) is 0 Å². The molecule has 28 heavy (non-hydrogen) atoms. The van der Waals surface area contributed by atoms with Crippen molar-refractivity contribution < 1.29 is 38.4 Å². The Kier molecular flexibility index (Phi) is 32.7. The summed E-state index contributed by atoms with van der Waals surface area (Å²) in [6, 6.07) is 0. The van der Waals surface area contributed by atoms with Gasteiger partial charge in [-0.25, -0.2) is 0 Å². The van der Waals surface area contributed by atoms with Gasteiger partial charge in [-0.1, -0.05) is 160 Å². The topological polar surface area (TPSA) is 0 Å². The summed E-state index contributed by atoms with van der Waals surface area (Å²) in [6.45, 7) is -4.91. The molecule has 0 rings (SSSR count). The van der Waals surface area contributed by atoms with E-state index < -0.39 is 80.4 Å². The fraction of sp³-hybridized carbons (Fsp3) is 1.00. The SMILES string of the molecule is [2H]C([2H])(Br)CC.[2H]C([2H])(C)C([2H])([2H])Br.[2H]C([2H])(C)CBr.[2H]C([2H])([2H])C([2H])([2H])C([2H])([2H])Br.[2H]C([2H])([2H])C([2H])([2H])CBr.[2H]C([2H])([2H])CC([2H])([2H])Br.[2H]C([2H])([2H])CCBr. The van der Waals surface area contributed by atoms with Crippen molar-refractivity contribution in [2.45, 2.75) is 92.9 Å². The number of alkyl halides is 7. The normalized spacial score (nSPS) is 28.2. The molecule has 0 aliphatic carbocycles. The van der Waals surface area contributed by atoms with E-state index in [9.17, 15) is 0 Å². The van der Waals surface area contributed by atoms with E-state index >= 15 is 0 Å². The molecular formula is C21H49Br7. The van der Waals surface area contributed by atoms with E-state index in [0.717, 1.165) is 0 Å². The van der Waals surface area contributed by atoms with E-state index in [-0.39, 0.29) is 11.8 Å². The summed E-state index contributed by atoms with van der Waals surface area (Å²) >= 11 is 19.1. The van der Waals surface area contributed by atoms with Crippen LogP contribution < -0.4 is 0 Å². The summed E-state index contributed by atoms with van der Waals surface area (Å²) in [6.07, 6.45) is -7.51. The van der Waals surface area contributed by atoms with Gasteiger partial charge in [-0.2, -0.15) is 0 Å². The number of halogens is 7. The Morgan fingerprint density at radius 2 is 0.929 bits per heavy atom. The van der Waals surface area contributed by atoms with Gasteiger partial charge in [0.05, 0.1) is 0 Å². The van der Waals surface area contributed by atoms with Gasteiger partial charge in [0, 0.05) is 75.5 Å². The molecule has 0 atom stereocenters. The Balaban J connectivity index is -0.000000101. The highest BCUT2D eigenvalue weighted by atomic mass is 79.9. The van der Waals surface area contributed by atoms with Crippen LogP contribution in [-0.4, -0.2) is 37.1 Å². The minimum atomic E-state index is -2.96. The largest absolute Gasteiger partial charge is 0.0928 e. The quantitative estimate of drug-likeness (QED) is 0.224. The van der Waals surface area contributed by atoms with Crippen molar-refractivity contribution in [3.63, 3.8) is 0 Å². The molecule has 0 nitrogen and oxygen atoms in total. The zero-order chi connectivity index (χ0) is 48.2. The van der Waals surface area contributed by atoms with Crippen LogP contribution >= 0.6 is 112 Å². The molecule has 0 bridgehead atoms. The van der Waals surface area contributed by atoms with Crippen LogP contribution in [0.3, 0.4) is 0 Å². The first-order valence-corrected chi connectivity index (χ1v) is 13.4. The lowest BCUT2D eigenvalue weighted by Crippen LogP contribution is -1.54. The first kappa shape index (κ1) is 10.5. The van der Waals surface area contributed by atoms with Gasteiger partial charge in [0.2, 0.25) is 0 Å². The molecule has 0 radical (unpaired) electrons. The lowest BCUT2D eigenvalue weighted by atomic mass is 10.6. The third-order valence-electron chi connectivity index (χ3n) is 0.637. The van der Waals surface area contributed by atoms with Gasteiger partial charge < -0.3 is 0 Å². The molecule has 0 amide bonds. The van der Waals surface area contributed by atoms with Crippen LogP contribution in [-0.2, 0) is 0 Å². The number of hydrogen-bond acceptors (Lipinski definition) is 0. The lowest BCUT2D eigenvalue weighted by molar-refractivity contribution is 1.12. The zero-order valence-electron chi connectivity index (χ0n) is 43.9. The second-order valence-electron chi connectivity index (χ2n) is 2.60. The van der Waals surface area contributed by atoms with Crippen LogP contribution in [0.4, 0.5) is 0 Å². The third kappa shape index (κ3) is 220. The highest BCUT2D eigenvalue weighted by Gasteiger charge is 1.60. The van der Waals surface area contributed by atoms with Gasteiger partial charge in [-0.3, -0.25) is 0 Å². The summed E-state index contributed by atoms with van der Waals surface area (Å²) in [4.78, 5) is 0. The van der Waals surface area contributed by atoms with E-state index in [1.54, 1.807) is 6.92 Å². The van der Waals surface area contributed by atoms with Crippen LogP contribution in [0.2, 0.25) is 0 Å². The van der Waals surface area contributed by atoms with Crippen molar-refractivity contribution in [1.82, 2.24) is 0 Å². The molecule has 0 aliphatic rings. The Labute approximate surface area is 278 Å². The second kappa shape index (κ2) is 86.8. The van der Waals surface area contributed by atoms with E-state index in [4.69, 9.17) is 38.4 Å². The monoisotopic (exact) mass is 882 g/mol. The van der Waals surface area contributed by atoms with Gasteiger partial charge in [0.15, 0.2) is 0 Å². The van der Waals surface area contributed by atoms with E-state index in [1.807, 2.05) is 0 Å². The molecule has 0 unspecified atom stereocenters. The zero-order valence-corrected chi connectivity index (χ0v) is 27.0. The predicted molar refractivity (Wildman–Crippen MR) is 169 cm³/mol. The molecule has 0 heterocycles. The Bertz CT molecular complexity index is 902. The van der Waals surface area contributed by atoms with E-state index in [2.05, 4.69) is 112 Å². The van der Waals surface area contributed by atoms with Crippen LogP contribution in [0, 0.1) is 0 Å². The summed E-state index contributed by atoms with van der Waals surface area (Å²) in [5, 5.41) is -6.55.